The summed E-state index contributed by atoms with van der Waals surface area (Å²) in [6.07, 6.45) is 3.25. The predicted molar refractivity (Wildman–Crippen MR) is 35.1 cm³/mol. The summed E-state index contributed by atoms with van der Waals surface area (Å²) in [4.78, 5) is 3.75. The van der Waals surface area contributed by atoms with Crippen molar-refractivity contribution in [2.45, 2.75) is 0 Å². The van der Waals surface area contributed by atoms with Gasteiger partial charge < -0.3 is 5.84 Å². The first kappa shape index (κ1) is 4.89. The summed E-state index contributed by atoms with van der Waals surface area (Å²) in [5.74, 6) is 5.29. The molecule has 0 atom stereocenters. The van der Waals surface area contributed by atoms with E-state index in [1.54, 1.807) is 12.5 Å². The maximum atomic E-state index is 5.29. The summed E-state index contributed by atoms with van der Waals surface area (Å²) >= 11 is 2.10. The topological polar surface area (TPSA) is 43.8 Å². The van der Waals surface area contributed by atoms with E-state index in [4.69, 9.17) is 5.84 Å². The van der Waals surface area contributed by atoms with Crippen molar-refractivity contribution in [2.75, 3.05) is 5.84 Å². The van der Waals surface area contributed by atoms with E-state index in [-0.39, 0.29) is 0 Å². The molecule has 0 amide bonds. The average molecular weight is 209 g/mol. The lowest BCUT2D eigenvalue weighted by Gasteiger charge is -1.86. The molecule has 1 rings (SSSR count). The van der Waals surface area contributed by atoms with E-state index in [2.05, 4.69) is 27.6 Å². The molecule has 1 aromatic rings. The van der Waals surface area contributed by atoms with E-state index in [1.165, 1.54) is 4.68 Å². The number of nitrogen functional groups attached to an aromatic ring is 1. The van der Waals surface area contributed by atoms with Gasteiger partial charge in [0.2, 0.25) is 0 Å². The number of nitrogens with zero attached hydrogens (tertiary/aromatic N) is 2. The van der Waals surface area contributed by atoms with Crippen LogP contribution in [0.15, 0.2) is 12.5 Å². The molecule has 3 nitrogen and oxygen atoms in total. The third-order valence-electron chi connectivity index (χ3n) is 0.619. The van der Waals surface area contributed by atoms with Gasteiger partial charge in [-0.3, -0.25) is 0 Å². The normalized spacial score (nSPS) is 9.29. The molecule has 0 aliphatic heterocycles. The molecule has 0 aromatic carbocycles. The molecule has 0 saturated carbocycles. The van der Waals surface area contributed by atoms with E-state index in [1.807, 2.05) is 0 Å². The number of hydrogen-bond acceptors (Lipinski definition) is 2. The van der Waals surface area contributed by atoms with Crippen LogP contribution in [-0.2, 0) is 0 Å². The summed E-state index contributed by atoms with van der Waals surface area (Å²) in [6, 6.07) is 0. The van der Waals surface area contributed by atoms with Gasteiger partial charge in [-0.2, -0.15) is 0 Å². The average Bonchev–Trinajstić information content (AvgIpc) is 1.91. The first-order chi connectivity index (χ1) is 3.30. The van der Waals surface area contributed by atoms with Crippen LogP contribution in [0.3, 0.4) is 0 Å². The molecule has 0 unspecified atom stereocenters. The molecule has 2 N–H and O–H groups in total. The Balaban J connectivity index is 3.12. The Hall–Kier alpha value is -0.260. The minimum absolute atomic E-state index is 0.942. The number of halogens is 1. The molecular formula is C3H4IN3. The summed E-state index contributed by atoms with van der Waals surface area (Å²) in [6.45, 7) is 0. The van der Waals surface area contributed by atoms with E-state index in [0.717, 1.165) is 3.70 Å². The Morgan fingerprint density at radius 2 is 2.57 bits per heavy atom. The highest BCUT2D eigenvalue weighted by Gasteiger charge is 1.86. The van der Waals surface area contributed by atoms with Crippen molar-refractivity contribution >= 4 is 22.6 Å². The molecule has 0 aliphatic carbocycles. The molecule has 0 spiro atoms. The molecule has 4 heteroatoms. The largest absolute Gasteiger partial charge is 0.337 e. The lowest BCUT2D eigenvalue weighted by molar-refractivity contribution is 0.972. The van der Waals surface area contributed by atoms with Gasteiger partial charge in [0.15, 0.2) is 0 Å². The summed E-state index contributed by atoms with van der Waals surface area (Å²) < 4.78 is 2.40. The number of nitrogens with two attached hydrogens (primary N) is 1. The Bertz CT molecular complexity index is 142. The maximum absolute atomic E-state index is 5.29. The Morgan fingerprint density at radius 3 is 2.71 bits per heavy atom. The second kappa shape index (κ2) is 1.69. The van der Waals surface area contributed by atoms with Gasteiger partial charge in [-0.25, -0.2) is 9.66 Å². The molecule has 0 aliphatic rings. The molecule has 38 valence electrons. The van der Waals surface area contributed by atoms with Gasteiger partial charge in [0.25, 0.3) is 0 Å². The van der Waals surface area contributed by atoms with E-state index >= 15 is 0 Å². The summed E-state index contributed by atoms with van der Waals surface area (Å²) in [7, 11) is 0. The standard InChI is InChI=1S/C3H4IN3/c4-3-1-6-2-7(3)5/h1-2H,5H2. The van der Waals surface area contributed by atoms with Crippen molar-refractivity contribution in [2.24, 2.45) is 0 Å². The second-order valence-electron chi connectivity index (χ2n) is 1.12. The van der Waals surface area contributed by atoms with Gasteiger partial charge in [0.05, 0.1) is 6.20 Å². The van der Waals surface area contributed by atoms with Crippen LogP contribution in [0.2, 0.25) is 0 Å². The van der Waals surface area contributed by atoms with Gasteiger partial charge in [-0.1, -0.05) is 0 Å². The second-order valence-corrected chi connectivity index (χ2v) is 2.23. The molecule has 0 saturated heterocycles. The Kier molecular flexibility index (Phi) is 1.18. The van der Waals surface area contributed by atoms with Crippen LogP contribution in [0.25, 0.3) is 0 Å². The highest BCUT2D eigenvalue weighted by Crippen LogP contribution is 1.96. The predicted octanol–water partition coefficient (Wildman–Crippen LogP) is 0.201. The fraction of sp³-hybridized carbons (Fsp3) is 0. The molecule has 0 radical (unpaired) electrons. The molecule has 1 aromatic heterocycles. The third-order valence-corrected chi connectivity index (χ3v) is 1.45. The van der Waals surface area contributed by atoms with Crippen LogP contribution in [-0.4, -0.2) is 9.66 Å². The Morgan fingerprint density at radius 1 is 1.86 bits per heavy atom. The van der Waals surface area contributed by atoms with Crippen LogP contribution < -0.4 is 5.84 Å². The SMILES string of the molecule is Nn1cncc1I. The van der Waals surface area contributed by atoms with E-state index in [0.29, 0.717) is 0 Å². The minimum atomic E-state index is 0.942. The van der Waals surface area contributed by atoms with Crippen molar-refractivity contribution in [3.63, 3.8) is 0 Å². The molecule has 0 fully saturated rings. The summed E-state index contributed by atoms with van der Waals surface area (Å²) in [5, 5.41) is 0. The molecule has 7 heavy (non-hydrogen) atoms. The van der Waals surface area contributed by atoms with Gasteiger partial charge in [-0.15, -0.1) is 0 Å². The maximum Gasteiger partial charge on any atom is 0.120 e. The lowest BCUT2D eigenvalue weighted by atomic mass is 11.0. The smallest absolute Gasteiger partial charge is 0.120 e. The highest BCUT2D eigenvalue weighted by atomic mass is 127. The number of rotatable bonds is 0. The number of hydrogen-bond donors (Lipinski definition) is 1. The highest BCUT2D eigenvalue weighted by molar-refractivity contribution is 14.1. The molecule has 0 bridgehead atoms. The van der Waals surface area contributed by atoms with E-state index < -0.39 is 0 Å². The zero-order valence-corrected chi connectivity index (χ0v) is 5.66. The van der Waals surface area contributed by atoms with Crippen molar-refractivity contribution in [3.8, 4) is 0 Å². The van der Waals surface area contributed by atoms with Crippen LogP contribution in [0.5, 0.6) is 0 Å². The van der Waals surface area contributed by atoms with Crippen LogP contribution in [0.1, 0.15) is 0 Å². The number of aromatic nitrogens is 2. The fourth-order valence-corrected chi connectivity index (χ4v) is 0.574. The molecule has 1 heterocycles. The van der Waals surface area contributed by atoms with Gasteiger partial charge >= 0.3 is 0 Å². The van der Waals surface area contributed by atoms with Crippen LogP contribution >= 0.6 is 22.6 Å². The summed E-state index contributed by atoms with van der Waals surface area (Å²) in [5.41, 5.74) is 0. The Labute approximate surface area is 54.6 Å². The molecular weight excluding hydrogens is 205 g/mol. The third kappa shape index (κ3) is 0.846. The quantitative estimate of drug-likeness (QED) is 0.490. The van der Waals surface area contributed by atoms with Crippen LogP contribution in [0, 0.1) is 3.70 Å². The van der Waals surface area contributed by atoms with Gasteiger partial charge in [0.1, 0.15) is 10.0 Å². The monoisotopic (exact) mass is 209 g/mol. The number of imidazole rings is 1. The van der Waals surface area contributed by atoms with E-state index in [9.17, 15) is 0 Å². The first-order valence-corrected chi connectivity index (χ1v) is 2.81. The van der Waals surface area contributed by atoms with Crippen molar-refractivity contribution in [3.05, 3.63) is 16.2 Å². The first-order valence-electron chi connectivity index (χ1n) is 1.73. The lowest BCUT2D eigenvalue weighted by Crippen LogP contribution is -2.07. The zero-order chi connectivity index (χ0) is 5.28. The minimum Gasteiger partial charge on any atom is -0.337 e. The van der Waals surface area contributed by atoms with Crippen molar-refractivity contribution in [1.82, 2.24) is 9.66 Å². The van der Waals surface area contributed by atoms with Gasteiger partial charge in [-0.05, 0) is 22.6 Å². The fourth-order valence-electron chi connectivity index (χ4n) is 0.288. The van der Waals surface area contributed by atoms with Crippen molar-refractivity contribution < 1.29 is 0 Å². The van der Waals surface area contributed by atoms with Crippen molar-refractivity contribution in [1.29, 1.82) is 0 Å². The van der Waals surface area contributed by atoms with Gasteiger partial charge in [0, 0.05) is 0 Å². The van der Waals surface area contributed by atoms with Crippen LogP contribution in [0.4, 0.5) is 0 Å². The zero-order valence-electron chi connectivity index (χ0n) is 3.50.